The molecule has 4 aliphatic rings. The summed E-state index contributed by atoms with van der Waals surface area (Å²) in [4.78, 5) is 46.3. The highest BCUT2D eigenvalue weighted by Gasteiger charge is 2.40. The van der Waals surface area contributed by atoms with E-state index in [0.717, 1.165) is 88.6 Å². The molecule has 4 aliphatic heterocycles. The normalized spacial score (nSPS) is 22.7. The molecule has 10 nitrogen and oxygen atoms in total. The number of ether oxygens (including phenoxy) is 1. The van der Waals surface area contributed by atoms with Gasteiger partial charge >= 0.3 is 0 Å². The third kappa shape index (κ3) is 4.96. The Labute approximate surface area is 230 Å². The minimum Gasteiger partial charge on any atom is -0.496 e. The molecule has 3 saturated heterocycles. The zero-order valence-electron chi connectivity index (χ0n) is 23.3. The van der Waals surface area contributed by atoms with Crippen LogP contribution in [-0.4, -0.2) is 116 Å². The summed E-state index contributed by atoms with van der Waals surface area (Å²) in [6.45, 7) is 6.90. The summed E-state index contributed by atoms with van der Waals surface area (Å²) in [5, 5.41) is 0. The number of piperazine rings is 1. The summed E-state index contributed by atoms with van der Waals surface area (Å²) in [5.41, 5.74) is 2.34. The molecule has 0 saturated carbocycles. The molecule has 3 fully saturated rings. The van der Waals surface area contributed by atoms with Crippen molar-refractivity contribution in [2.24, 2.45) is 0 Å². The number of piperidine rings is 1. The molecule has 1 atom stereocenters. The molecule has 10 heteroatoms. The number of carbonyl (C=O) groups is 2. The highest BCUT2D eigenvalue weighted by molar-refractivity contribution is 6.04. The monoisotopic (exact) mass is 533 g/mol. The van der Waals surface area contributed by atoms with E-state index in [9.17, 15) is 9.59 Å². The lowest BCUT2D eigenvalue weighted by atomic mass is 10.0. The molecule has 0 spiro atoms. The first-order chi connectivity index (χ1) is 18.9. The Bertz CT molecular complexity index is 1240. The third-order valence-electron chi connectivity index (χ3n) is 8.99. The lowest BCUT2D eigenvalue weighted by Crippen LogP contribution is -2.52. The molecule has 2 amide bonds. The van der Waals surface area contributed by atoms with Gasteiger partial charge in [0.25, 0.3) is 5.91 Å². The van der Waals surface area contributed by atoms with E-state index in [2.05, 4.69) is 26.7 Å². The van der Waals surface area contributed by atoms with Gasteiger partial charge in [0.2, 0.25) is 5.91 Å². The maximum atomic E-state index is 13.4. The van der Waals surface area contributed by atoms with E-state index in [-0.39, 0.29) is 17.9 Å². The SMILES string of the molecule is COc1cc(C(=O)N2CCC(N3CCN(C)CC3)CC2)ccc1Cc1ncc2c(n1)N1CCC[C@@H]1C(=O)N2C. The highest BCUT2D eigenvalue weighted by Crippen LogP contribution is 2.38. The van der Waals surface area contributed by atoms with Crippen LogP contribution in [0.15, 0.2) is 24.4 Å². The Kier molecular flexibility index (Phi) is 7.16. The van der Waals surface area contributed by atoms with Crippen molar-refractivity contribution in [3.63, 3.8) is 0 Å². The molecule has 0 bridgehead atoms. The van der Waals surface area contributed by atoms with E-state index in [0.29, 0.717) is 29.6 Å². The lowest BCUT2D eigenvalue weighted by molar-refractivity contribution is -0.119. The van der Waals surface area contributed by atoms with Crippen LogP contribution in [0, 0.1) is 0 Å². The van der Waals surface area contributed by atoms with Gasteiger partial charge in [-0.3, -0.25) is 14.5 Å². The standard InChI is InChI=1S/C29H39N7O3/c1-32-13-15-34(16-14-32)22-8-11-35(12-9-22)28(37)21-7-6-20(25(17-21)39-3)18-26-30-19-24-27(31-26)36-10-4-5-23(36)29(38)33(24)2/h6-7,17,19,22-23H,4-5,8-16,18H2,1-3H3/t23-/m1/s1. The van der Waals surface area contributed by atoms with Crippen molar-refractivity contribution in [1.29, 1.82) is 0 Å². The van der Waals surface area contributed by atoms with Crippen molar-refractivity contribution in [3.8, 4) is 5.75 Å². The number of aromatic nitrogens is 2. The molecule has 0 radical (unpaired) electrons. The molecule has 208 valence electrons. The van der Waals surface area contributed by atoms with Gasteiger partial charge in [0.05, 0.1) is 13.3 Å². The van der Waals surface area contributed by atoms with Crippen LogP contribution in [-0.2, 0) is 11.2 Å². The Morgan fingerprint density at radius 1 is 1.03 bits per heavy atom. The number of anilines is 2. The predicted molar refractivity (Wildman–Crippen MR) is 150 cm³/mol. The average Bonchev–Trinajstić information content (AvgIpc) is 3.47. The molecule has 1 aromatic heterocycles. The largest absolute Gasteiger partial charge is 0.496 e. The Morgan fingerprint density at radius 2 is 1.79 bits per heavy atom. The zero-order chi connectivity index (χ0) is 27.1. The number of fused-ring (bicyclic) bond motifs is 3. The Hall–Kier alpha value is -3.24. The van der Waals surface area contributed by atoms with E-state index in [1.54, 1.807) is 25.3 Å². The smallest absolute Gasteiger partial charge is 0.253 e. The number of nitrogens with zero attached hydrogens (tertiary/aromatic N) is 7. The number of hydrogen-bond acceptors (Lipinski definition) is 8. The van der Waals surface area contributed by atoms with Gasteiger partial charge in [-0.05, 0) is 44.9 Å². The van der Waals surface area contributed by atoms with Crippen LogP contribution in [0.3, 0.4) is 0 Å². The molecule has 1 aromatic carbocycles. The number of benzene rings is 1. The van der Waals surface area contributed by atoms with Gasteiger partial charge in [-0.2, -0.15) is 0 Å². The lowest BCUT2D eigenvalue weighted by Gasteiger charge is -2.42. The van der Waals surface area contributed by atoms with E-state index in [4.69, 9.17) is 9.72 Å². The topological polar surface area (TPSA) is 85.4 Å². The van der Waals surface area contributed by atoms with Gasteiger partial charge in [-0.1, -0.05) is 6.07 Å². The maximum Gasteiger partial charge on any atom is 0.253 e. The molecule has 2 aromatic rings. The summed E-state index contributed by atoms with van der Waals surface area (Å²) < 4.78 is 5.71. The van der Waals surface area contributed by atoms with Gasteiger partial charge in [0, 0.05) is 76.5 Å². The fraction of sp³-hybridized carbons (Fsp3) is 0.586. The van der Waals surface area contributed by atoms with Crippen molar-refractivity contribution < 1.29 is 14.3 Å². The first-order valence-corrected chi connectivity index (χ1v) is 14.2. The fourth-order valence-corrected chi connectivity index (χ4v) is 6.55. The Morgan fingerprint density at radius 3 is 2.54 bits per heavy atom. The van der Waals surface area contributed by atoms with Crippen molar-refractivity contribution in [2.75, 3.05) is 76.8 Å². The summed E-state index contributed by atoms with van der Waals surface area (Å²) in [7, 11) is 5.62. The van der Waals surface area contributed by atoms with Gasteiger partial charge in [-0.25, -0.2) is 9.97 Å². The maximum absolute atomic E-state index is 13.4. The van der Waals surface area contributed by atoms with Crippen LogP contribution in [0.2, 0.25) is 0 Å². The van der Waals surface area contributed by atoms with Gasteiger partial charge < -0.3 is 24.3 Å². The van der Waals surface area contributed by atoms with Crippen LogP contribution >= 0.6 is 0 Å². The number of likely N-dealkylation sites (tertiary alicyclic amines) is 1. The molecule has 0 aliphatic carbocycles. The Balaban J connectivity index is 1.13. The second kappa shape index (κ2) is 10.7. The quantitative estimate of drug-likeness (QED) is 0.576. The first kappa shape index (κ1) is 26.0. The summed E-state index contributed by atoms with van der Waals surface area (Å²) in [6, 6.07) is 6.15. The summed E-state index contributed by atoms with van der Waals surface area (Å²) in [6.07, 6.45) is 6.13. The van der Waals surface area contributed by atoms with E-state index < -0.39 is 0 Å². The summed E-state index contributed by atoms with van der Waals surface area (Å²) >= 11 is 0. The highest BCUT2D eigenvalue weighted by atomic mass is 16.5. The van der Waals surface area contributed by atoms with Crippen LogP contribution in [0.4, 0.5) is 11.5 Å². The number of hydrogen-bond donors (Lipinski definition) is 0. The number of carbonyl (C=O) groups excluding carboxylic acids is 2. The van der Waals surface area contributed by atoms with Gasteiger partial charge in [-0.15, -0.1) is 0 Å². The van der Waals surface area contributed by atoms with E-state index in [1.807, 2.05) is 23.1 Å². The molecular weight excluding hydrogens is 494 g/mol. The molecule has 0 unspecified atom stereocenters. The second-order valence-corrected chi connectivity index (χ2v) is 11.3. The van der Waals surface area contributed by atoms with Crippen molar-refractivity contribution >= 4 is 23.3 Å². The molecule has 0 N–H and O–H groups in total. The van der Waals surface area contributed by atoms with Crippen molar-refractivity contribution in [1.82, 2.24) is 24.7 Å². The fourth-order valence-electron chi connectivity index (χ4n) is 6.55. The molecule has 39 heavy (non-hydrogen) atoms. The van der Waals surface area contributed by atoms with E-state index >= 15 is 0 Å². The van der Waals surface area contributed by atoms with Crippen LogP contribution in [0.1, 0.15) is 47.4 Å². The molecular formula is C29H39N7O3. The zero-order valence-corrected chi connectivity index (χ0v) is 23.3. The van der Waals surface area contributed by atoms with Crippen LogP contribution < -0.4 is 14.5 Å². The van der Waals surface area contributed by atoms with Gasteiger partial charge in [0.1, 0.15) is 23.3 Å². The first-order valence-electron chi connectivity index (χ1n) is 14.2. The molecule has 5 heterocycles. The average molecular weight is 534 g/mol. The third-order valence-corrected chi connectivity index (χ3v) is 8.99. The predicted octanol–water partition coefficient (Wildman–Crippen LogP) is 1.87. The van der Waals surface area contributed by atoms with Gasteiger partial charge in [0.15, 0.2) is 5.82 Å². The number of rotatable bonds is 5. The van der Waals surface area contributed by atoms with Crippen LogP contribution in [0.25, 0.3) is 0 Å². The minimum absolute atomic E-state index is 0.0643. The molecule has 6 rings (SSSR count). The number of methoxy groups -OCH3 is 1. The van der Waals surface area contributed by atoms with Crippen molar-refractivity contribution in [2.45, 2.75) is 44.2 Å². The number of likely N-dealkylation sites (N-methyl/N-ethyl adjacent to an activating group) is 2. The summed E-state index contributed by atoms with van der Waals surface area (Å²) in [5.74, 6) is 2.35. The second-order valence-electron chi connectivity index (χ2n) is 11.3. The van der Waals surface area contributed by atoms with E-state index in [1.165, 1.54) is 0 Å². The van der Waals surface area contributed by atoms with Crippen LogP contribution in [0.5, 0.6) is 5.75 Å². The van der Waals surface area contributed by atoms with Crippen molar-refractivity contribution in [3.05, 3.63) is 41.3 Å². The minimum atomic E-state index is -0.128. The number of amides is 2.